The van der Waals surface area contributed by atoms with Crippen molar-refractivity contribution in [2.45, 2.75) is 13.5 Å². The number of aromatic carboxylic acids is 1. The number of carboxylic acids is 1. The number of halogens is 2. The van der Waals surface area contributed by atoms with Crippen LogP contribution in [-0.2, 0) is 11.4 Å². The highest BCUT2D eigenvalue weighted by Crippen LogP contribution is 2.36. The van der Waals surface area contributed by atoms with Gasteiger partial charge in [0.1, 0.15) is 18.2 Å². The summed E-state index contributed by atoms with van der Waals surface area (Å²) in [6, 6.07) is 17.7. The van der Waals surface area contributed by atoms with E-state index < -0.39 is 5.97 Å². The molecule has 178 valence electrons. The number of amidine groups is 1. The summed E-state index contributed by atoms with van der Waals surface area (Å²) in [5.41, 5.74) is 2.25. The lowest BCUT2D eigenvalue weighted by molar-refractivity contribution is -0.122. The van der Waals surface area contributed by atoms with Gasteiger partial charge in [0.25, 0.3) is 5.91 Å². The molecular formula is C26H20BrFN2O4S. The number of ether oxygens (including phenoxy) is 1. The maximum atomic E-state index is 13.2. The SMILES string of the molecule is CCN1C(=O)C(=Cc2cc(Br)ccc2OCc2ccc(F)cc2)SC1=Nc1ccc(C(=O)O)cc1. The summed E-state index contributed by atoms with van der Waals surface area (Å²) in [6.45, 7) is 2.54. The zero-order chi connectivity index (χ0) is 24.9. The van der Waals surface area contributed by atoms with Gasteiger partial charge in [-0.25, -0.2) is 14.2 Å². The second-order valence-corrected chi connectivity index (χ2v) is 9.43. The van der Waals surface area contributed by atoms with Crippen LogP contribution in [0.1, 0.15) is 28.4 Å². The van der Waals surface area contributed by atoms with Gasteiger partial charge < -0.3 is 9.84 Å². The van der Waals surface area contributed by atoms with Crippen molar-refractivity contribution >= 4 is 56.5 Å². The lowest BCUT2D eigenvalue weighted by Crippen LogP contribution is -2.28. The largest absolute Gasteiger partial charge is 0.488 e. The number of carbonyl (C=O) groups excluding carboxylic acids is 1. The molecule has 4 rings (SSSR count). The number of nitrogens with zero attached hydrogens (tertiary/aromatic N) is 2. The van der Waals surface area contributed by atoms with E-state index in [-0.39, 0.29) is 23.9 Å². The highest BCUT2D eigenvalue weighted by Gasteiger charge is 2.32. The predicted octanol–water partition coefficient (Wildman–Crippen LogP) is 6.49. The van der Waals surface area contributed by atoms with Crippen molar-refractivity contribution in [1.29, 1.82) is 0 Å². The van der Waals surface area contributed by atoms with E-state index >= 15 is 0 Å². The van der Waals surface area contributed by atoms with Crippen LogP contribution in [-0.4, -0.2) is 33.6 Å². The molecule has 0 aromatic heterocycles. The normalized spacial score (nSPS) is 15.7. The van der Waals surface area contributed by atoms with Crippen molar-refractivity contribution in [3.05, 3.63) is 98.6 Å². The van der Waals surface area contributed by atoms with Crippen LogP contribution in [0, 0.1) is 5.82 Å². The highest BCUT2D eigenvalue weighted by molar-refractivity contribution is 9.10. The lowest BCUT2D eigenvalue weighted by Gasteiger charge is -2.12. The van der Waals surface area contributed by atoms with Crippen molar-refractivity contribution in [2.24, 2.45) is 4.99 Å². The summed E-state index contributed by atoms with van der Waals surface area (Å²) >= 11 is 4.71. The third kappa shape index (κ3) is 5.98. The smallest absolute Gasteiger partial charge is 0.335 e. The Morgan fingerprint density at radius 3 is 2.51 bits per heavy atom. The number of hydrogen-bond donors (Lipinski definition) is 1. The fourth-order valence-corrected chi connectivity index (χ4v) is 4.74. The predicted molar refractivity (Wildman–Crippen MR) is 138 cm³/mol. The van der Waals surface area contributed by atoms with Gasteiger partial charge in [0.15, 0.2) is 5.17 Å². The second kappa shape index (κ2) is 10.9. The summed E-state index contributed by atoms with van der Waals surface area (Å²) in [5.74, 6) is -0.921. The second-order valence-electron chi connectivity index (χ2n) is 7.50. The van der Waals surface area contributed by atoms with Crippen molar-refractivity contribution < 1.29 is 23.8 Å². The average molecular weight is 555 g/mol. The molecule has 0 atom stereocenters. The standard InChI is InChI=1S/C26H20BrFN2O4S/c1-2-30-24(31)23(35-26(30)29-21-10-5-17(6-11-21)25(32)33)14-18-13-19(27)7-12-22(18)34-15-16-3-8-20(28)9-4-16/h3-14H,2,15H2,1H3,(H,32,33). The number of rotatable bonds is 7. The Hall–Kier alpha value is -3.43. The molecule has 6 nitrogen and oxygen atoms in total. The van der Waals surface area contributed by atoms with E-state index in [1.54, 1.807) is 41.3 Å². The number of thioether (sulfide) groups is 1. The minimum absolute atomic E-state index is 0.167. The number of amides is 1. The molecule has 1 saturated heterocycles. The number of benzene rings is 3. The van der Waals surface area contributed by atoms with Crippen molar-refractivity contribution in [3.8, 4) is 5.75 Å². The average Bonchev–Trinajstić information content (AvgIpc) is 3.13. The van der Waals surface area contributed by atoms with Crippen molar-refractivity contribution in [3.63, 3.8) is 0 Å². The van der Waals surface area contributed by atoms with E-state index in [1.165, 1.54) is 36.0 Å². The fourth-order valence-electron chi connectivity index (χ4n) is 3.31. The molecule has 1 heterocycles. The molecule has 0 unspecified atom stereocenters. The Morgan fingerprint density at radius 2 is 1.86 bits per heavy atom. The van der Waals surface area contributed by atoms with Crippen LogP contribution in [0.15, 0.2) is 81.1 Å². The fraction of sp³-hybridized carbons (Fsp3) is 0.115. The van der Waals surface area contributed by atoms with Gasteiger partial charge in [0.2, 0.25) is 0 Å². The molecule has 0 bridgehead atoms. The van der Waals surface area contributed by atoms with Crippen LogP contribution >= 0.6 is 27.7 Å². The zero-order valence-corrected chi connectivity index (χ0v) is 21.0. The summed E-state index contributed by atoms with van der Waals surface area (Å²) in [4.78, 5) is 30.8. The van der Waals surface area contributed by atoms with E-state index in [0.29, 0.717) is 33.6 Å². The van der Waals surface area contributed by atoms with Crippen LogP contribution in [0.4, 0.5) is 10.1 Å². The lowest BCUT2D eigenvalue weighted by atomic mass is 10.1. The maximum Gasteiger partial charge on any atom is 0.335 e. The molecular weight excluding hydrogens is 535 g/mol. The van der Waals surface area contributed by atoms with Gasteiger partial charge in [0.05, 0.1) is 16.2 Å². The van der Waals surface area contributed by atoms with Gasteiger partial charge in [0, 0.05) is 16.6 Å². The van der Waals surface area contributed by atoms with E-state index in [0.717, 1.165) is 10.0 Å². The summed E-state index contributed by atoms with van der Waals surface area (Å²) in [5, 5.41) is 9.59. The van der Waals surface area contributed by atoms with E-state index in [2.05, 4.69) is 20.9 Å². The molecule has 1 fully saturated rings. The molecule has 35 heavy (non-hydrogen) atoms. The quantitative estimate of drug-likeness (QED) is 0.337. The minimum atomic E-state index is -1.01. The molecule has 0 saturated carbocycles. The Morgan fingerprint density at radius 1 is 1.14 bits per heavy atom. The molecule has 9 heteroatoms. The first-order chi connectivity index (χ1) is 16.8. The van der Waals surface area contributed by atoms with Crippen molar-refractivity contribution in [1.82, 2.24) is 4.90 Å². The third-order valence-electron chi connectivity index (χ3n) is 5.11. The van der Waals surface area contributed by atoms with Gasteiger partial charge in [-0.1, -0.05) is 28.1 Å². The zero-order valence-electron chi connectivity index (χ0n) is 18.6. The molecule has 0 spiro atoms. The van der Waals surface area contributed by atoms with Crippen LogP contribution in [0.5, 0.6) is 5.75 Å². The molecule has 0 aliphatic carbocycles. The highest BCUT2D eigenvalue weighted by atomic mass is 79.9. The third-order valence-corrected chi connectivity index (χ3v) is 6.61. The Balaban J connectivity index is 1.60. The van der Waals surface area contributed by atoms with Gasteiger partial charge >= 0.3 is 5.97 Å². The monoisotopic (exact) mass is 554 g/mol. The van der Waals surface area contributed by atoms with E-state index in [4.69, 9.17) is 9.84 Å². The first-order valence-corrected chi connectivity index (χ1v) is 12.2. The van der Waals surface area contributed by atoms with Crippen LogP contribution in [0.3, 0.4) is 0 Å². The Kier molecular flexibility index (Phi) is 7.67. The van der Waals surface area contributed by atoms with Gasteiger partial charge in [-0.2, -0.15) is 0 Å². The maximum absolute atomic E-state index is 13.2. The van der Waals surface area contributed by atoms with Crippen LogP contribution in [0.25, 0.3) is 6.08 Å². The van der Waals surface area contributed by atoms with Gasteiger partial charge in [-0.15, -0.1) is 0 Å². The Labute approximate surface area is 214 Å². The molecule has 3 aromatic rings. The molecule has 1 aliphatic heterocycles. The van der Waals surface area contributed by atoms with E-state index in [9.17, 15) is 14.0 Å². The van der Waals surface area contributed by atoms with E-state index in [1.807, 2.05) is 19.1 Å². The molecule has 0 radical (unpaired) electrons. The summed E-state index contributed by atoms with van der Waals surface area (Å²) in [6.07, 6.45) is 1.76. The Bertz CT molecular complexity index is 1320. The number of aliphatic imine (C=N–C) groups is 1. The number of likely N-dealkylation sites (N-methyl/N-ethyl adjacent to an activating group) is 1. The summed E-state index contributed by atoms with van der Waals surface area (Å²) in [7, 11) is 0. The molecule has 1 aliphatic rings. The van der Waals surface area contributed by atoms with Gasteiger partial charge in [-0.3, -0.25) is 9.69 Å². The molecule has 3 aromatic carbocycles. The number of hydrogen-bond acceptors (Lipinski definition) is 5. The van der Waals surface area contributed by atoms with Crippen molar-refractivity contribution in [2.75, 3.05) is 6.54 Å². The van der Waals surface area contributed by atoms with Crippen LogP contribution in [0.2, 0.25) is 0 Å². The van der Waals surface area contributed by atoms with Gasteiger partial charge in [-0.05, 0) is 84.9 Å². The summed E-state index contributed by atoms with van der Waals surface area (Å²) < 4.78 is 20.0. The molecule has 1 amide bonds. The molecule has 1 N–H and O–H groups in total. The number of carbonyl (C=O) groups is 2. The number of carboxylic acid groups (broad SMARTS) is 1. The van der Waals surface area contributed by atoms with Crippen LogP contribution < -0.4 is 4.74 Å². The topological polar surface area (TPSA) is 79.2 Å². The minimum Gasteiger partial charge on any atom is -0.488 e. The first-order valence-electron chi connectivity index (χ1n) is 10.6. The first kappa shape index (κ1) is 24.7.